The second-order valence-corrected chi connectivity index (χ2v) is 10.1. The molecule has 0 aromatic heterocycles. The van der Waals surface area contributed by atoms with Gasteiger partial charge in [0.15, 0.2) is 0 Å². The Bertz CT molecular complexity index is 711. The maximum atomic E-state index is 2.49. The summed E-state index contributed by atoms with van der Waals surface area (Å²) in [6.45, 7) is 13.9. The third kappa shape index (κ3) is 3.48. The first-order valence-electron chi connectivity index (χ1n) is 7.85. The molecule has 0 bridgehead atoms. The zero-order chi connectivity index (χ0) is 15.3. The van der Waals surface area contributed by atoms with Gasteiger partial charge in [0.05, 0.1) is 0 Å². The minimum Gasteiger partial charge on any atom is -1.00 e. The molecule has 122 valence electrons. The maximum Gasteiger partial charge on any atom is -1.00 e. The van der Waals surface area contributed by atoms with Gasteiger partial charge in [-0.1, -0.05) is 0 Å². The van der Waals surface area contributed by atoms with E-state index in [1.807, 2.05) is 3.28 Å². The van der Waals surface area contributed by atoms with E-state index in [2.05, 4.69) is 65.8 Å². The van der Waals surface area contributed by atoms with Crippen LogP contribution in [0.2, 0.25) is 0 Å². The van der Waals surface area contributed by atoms with Crippen LogP contribution in [0.5, 0.6) is 0 Å². The second-order valence-electron chi connectivity index (χ2n) is 6.58. The number of aryl methyl sites for hydroxylation is 2. The molecule has 0 spiro atoms. The molecule has 2 aliphatic rings. The van der Waals surface area contributed by atoms with Crippen LogP contribution in [0.25, 0.3) is 6.08 Å². The summed E-state index contributed by atoms with van der Waals surface area (Å²) < 4.78 is 2.55. The first kappa shape index (κ1) is 20.9. The van der Waals surface area contributed by atoms with Crippen LogP contribution < -0.4 is 24.8 Å². The van der Waals surface area contributed by atoms with Crippen molar-refractivity contribution >= 4 is 6.08 Å². The molecule has 0 saturated carbocycles. The van der Waals surface area contributed by atoms with E-state index in [1.165, 1.54) is 16.7 Å². The van der Waals surface area contributed by atoms with Gasteiger partial charge >= 0.3 is 141 Å². The van der Waals surface area contributed by atoms with Gasteiger partial charge in [0.2, 0.25) is 0 Å². The van der Waals surface area contributed by atoms with Crippen molar-refractivity contribution < 1.29 is 48.0 Å². The van der Waals surface area contributed by atoms with Gasteiger partial charge in [0.25, 0.3) is 0 Å². The molecule has 2 atom stereocenters. The molecule has 3 heteroatoms. The van der Waals surface area contributed by atoms with Crippen LogP contribution in [0.15, 0.2) is 38.2 Å². The van der Waals surface area contributed by atoms with Crippen LogP contribution in [0.1, 0.15) is 53.6 Å². The fraction of sp³-hybridized carbons (Fsp3) is 0.400. The molecule has 0 N–H and O–H groups in total. The van der Waals surface area contributed by atoms with Crippen molar-refractivity contribution in [2.75, 3.05) is 0 Å². The van der Waals surface area contributed by atoms with Gasteiger partial charge in [-0.2, -0.15) is 0 Å². The molecular weight excluding hydrogens is 402 g/mol. The Morgan fingerprint density at radius 3 is 2.04 bits per heavy atom. The Hall–Kier alpha value is -0.0969. The summed E-state index contributed by atoms with van der Waals surface area (Å²) in [5.41, 5.74) is 10.8. The average Bonchev–Trinajstić information content (AvgIpc) is 2.96. The van der Waals surface area contributed by atoms with Gasteiger partial charge in [-0.15, -0.1) is 0 Å². The third-order valence-corrected chi connectivity index (χ3v) is 10.1. The molecule has 3 rings (SSSR count). The second kappa shape index (κ2) is 7.86. The smallest absolute Gasteiger partial charge is 1.00 e. The summed E-state index contributed by atoms with van der Waals surface area (Å²) in [6.07, 6.45) is 4.87. The number of allylic oxidation sites excluding steroid dienone is 5. The molecule has 0 nitrogen and oxygen atoms in total. The standard InChI is InChI=1S/C11H11.C9H13.2ClH.Zr/c1-8-6-7-9(2)11-5-3-4-10(8)11;1-6-5-7(2)9(4)8(6)3;;;/h3-7H,1-2H3;6H,1-4H3;2*1H;/q;;;;+2/p-2. The fourth-order valence-electron chi connectivity index (χ4n) is 3.66. The molecule has 0 radical (unpaired) electrons. The molecule has 0 saturated heterocycles. The van der Waals surface area contributed by atoms with Crippen molar-refractivity contribution in [3.05, 3.63) is 60.5 Å². The molecule has 0 heterocycles. The number of hydrogen-bond acceptors (Lipinski definition) is 0. The molecule has 1 aromatic carbocycles. The Morgan fingerprint density at radius 1 is 0.870 bits per heavy atom. The minimum atomic E-state index is -0.617. The minimum absolute atomic E-state index is 0. The summed E-state index contributed by atoms with van der Waals surface area (Å²) in [7, 11) is 0. The normalized spacial score (nSPS) is 21.8. The zero-order valence-corrected chi connectivity index (χ0v) is 18.7. The molecule has 1 aromatic rings. The largest absolute Gasteiger partial charge is 1.00 e. The summed E-state index contributed by atoms with van der Waals surface area (Å²) in [4.78, 5) is 0. The van der Waals surface area contributed by atoms with Crippen molar-refractivity contribution in [1.29, 1.82) is 0 Å². The van der Waals surface area contributed by atoms with Crippen molar-refractivity contribution in [3.63, 3.8) is 0 Å². The number of rotatable bonds is 2. The summed E-state index contributed by atoms with van der Waals surface area (Å²) in [6, 6.07) is 4.58. The number of hydrogen-bond donors (Lipinski definition) is 0. The number of benzene rings is 1. The molecule has 2 unspecified atom stereocenters. The van der Waals surface area contributed by atoms with Crippen LogP contribution in [0.4, 0.5) is 0 Å². The maximum absolute atomic E-state index is 2.49. The number of fused-ring (bicyclic) bond motifs is 1. The van der Waals surface area contributed by atoms with Gasteiger partial charge in [-0.3, -0.25) is 0 Å². The summed E-state index contributed by atoms with van der Waals surface area (Å²) in [5, 5.41) is 0. The number of halogens is 2. The van der Waals surface area contributed by atoms with Gasteiger partial charge < -0.3 is 24.8 Å². The van der Waals surface area contributed by atoms with Crippen LogP contribution in [0, 0.1) is 19.8 Å². The first-order valence-corrected chi connectivity index (χ1v) is 10.5. The Labute approximate surface area is 164 Å². The topological polar surface area (TPSA) is 0 Å². The molecular formula is C20H24Cl2Zr. The summed E-state index contributed by atoms with van der Waals surface area (Å²) >= 11 is -0.617. The van der Waals surface area contributed by atoms with E-state index in [9.17, 15) is 0 Å². The van der Waals surface area contributed by atoms with E-state index in [0.29, 0.717) is 5.92 Å². The SMILES string of the molecule is CC1=C(C)C(C)[C]([Zr+2][CH]2C=Cc3c(C)ccc(C)c32)=C1C.[Cl-].[Cl-]. The van der Waals surface area contributed by atoms with Crippen LogP contribution >= 0.6 is 0 Å². The van der Waals surface area contributed by atoms with Crippen LogP contribution in [-0.4, -0.2) is 0 Å². The predicted molar refractivity (Wildman–Crippen MR) is 87.9 cm³/mol. The Morgan fingerprint density at radius 2 is 1.48 bits per heavy atom. The summed E-state index contributed by atoms with van der Waals surface area (Å²) in [5.74, 6) is 0.694. The van der Waals surface area contributed by atoms with E-state index in [0.717, 1.165) is 3.63 Å². The fourth-order valence-corrected chi connectivity index (χ4v) is 8.39. The molecule has 2 aliphatic carbocycles. The van der Waals surface area contributed by atoms with E-state index in [-0.39, 0.29) is 24.8 Å². The average molecular weight is 427 g/mol. The monoisotopic (exact) mass is 424 g/mol. The zero-order valence-electron chi connectivity index (χ0n) is 14.7. The Balaban J connectivity index is 0.00000132. The quantitative estimate of drug-likeness (QED) is 0.611. The van der Waals surface area contributed by atoms with E-state index >= 15 is 0 Å². The van der Waals surface area contributed by atoms with Crippen molar-refractivity contribution in [1.82, 2.24) is 0 Å². The molecule has 0 fully saturated rings. The van der Waals surface area contributed by atoms with E-state index in [1.54, 1.807) is 22.3 Å². The van der Waals surface area contributed by atoms with Crippen LogP contribution in [0.3, 0.4) is 0 Å². The predicted octanol–water partition coefficient (Wildman–Crippen LogP) is -0.278. The van der Waals surface area contributed by atoms with Gasteiger partial charge in [0, 0.05) is 0 Å². The Kier molecular flexibility index (Phi) is 7.15. The molecule has 0 amide bonds. The van der Waals surface area contributed by atoms with Crippen molar-refractivity contribution in [3.8, 4) is 0 Å². The first-order chi connectivity index (χ1) is 9.91. The van der Waals surface area contributed by atoms with Crippen molar-refractivity contribution in [2.45, 2.75) is 45.2 Å². The van der Waals surface area contributed by atoms with Gasteiger partial charge in [-0.25, -0.2) is 0 Å². The van der Waals surface area contributed by atoms with Crippen LogP contribution in [-0.2, 0) is 23.2 Å². The van der Waals surface area contributed by atoms with Gasteiger partial charge in [0.1, 0.15) is 0 Å². The van der Waals surface area contributed by atoms with E-state index < -0.39 is 23.2 Å². The molecule has 0 aliphatic heterocycles. The third-order valence-electron chi connectivity index (χ3n) is 5.44. The molecule has 23 heavy (non-hydrogen) atoms. The van der Waals surface area contributed by atoms with Crippen molar-refractivity contribution in [2.24, 2.45) is 5.92 Å². The van der Waals surface area contributed by atoms with E-state index in [4.69, 9.17) is 0 Å². The van der Waals surface area contributed by atoms with Gasteiger partial charge in [-0.05, 0) is 0 Å².